The molecule has 1 N–H and O–H groups in total. The quantitative estimate of drug-likeness (QED) is 0.568. The highest BCUT2D eigenvalue weighted by molar-refractivity contribution is 5.90. The van der Waals surface area contributed by atoms with E-state index in [4.69, 9.17) is 9.84 Å². The van der Waals surface area contributed by atoms with E-state index >= 15 is 0 Å². The topological polar surface area (TPSA) is 49.8 Å². The zero-order chi connectivity index (χ0) is 15.8. The van der Waals surface area contributed by atoms with Crippen molar-refractivity contribution in [2.24, 2.45) is 0 Å². The van der Waals surface area contributed by atoms with E-state index < -0.39 is 5.97 Å². The highest BCUT2D eigenvalue weighted by Gasteiger charge is 2.25. The molecule has 1 heterocycles. The van der Waals surface area contributed by atoms with E-state index in [9.17, 15) is 4.79 Å². The third kappa shape index (κ3) is 2.21. The standard InChI is InChI=1S/C19H13NO3/c21-19(22)13-9-11-14(12-10-13)20-15-5-1-3-7-17(15)23-18-8-4-2-6-16(18)20/h1-12H,(H,21,22). The second-order valence-electron chi connectivity index (χ2n) is 5.22. The number of benzene rings is 3. The summed E-state index contributed by atoms with van der Waals surface area (Å²) in [6.45, 7) is 0. The van der Waals surface area contributed by atoms with E-state index in [1.807, 2.05) is 60.7 Å². The predicted molar refractivity (Wildman–Crippen MR) is 88.2 cm³/mol. The summed E-state index contributed by atoms with van der Waals surface area (Å²) in [6.07, 6.45) is 0. The molecule has 4 rings (SSSR count). The van der Waals surface area contributed by atoms with E-state index in [1.165, 1.54) is 0 Å². The molecule has 0 bridgehead atoms. The molecule has 0 unspecified atom stereocenters. The Labute approximate surface area is 133 Å². The van der Waals surface area contributed by atoms with Crippen molar-refractivity contribution in [3.63, 3.8) is 0 Å². The van der Waals surface area contributed by atoms with E-state index in [1.54, 1.807) is 12.1 Å². The number of ether oxygens (including phenoxy) is 1. The first kappa shape index (κ1) is 13.4. The molecule has 4 heteroatoms. The number of para-hydroxylation sites is 4. The van der Waals surface area contributed by atoms with Gasteiger partial charge in [0.25, 0.3) is 0 Å². The van der Waals surface area contributed by atoms with Gasteiger partial charge in [0.15, 0.2) is 11.5 Å². The molecule has 3 aromatic rings. The summed E-state index contributed by atoms with van der Waals surface area (Å²) in [5, 5.41) is 9.07. The number of carboxylic acids is 1. The molecule has 0 fully saturated rings. The van der Waals surface area contributed by atoms with E-state index in [0.717, 1.165) is 28.6 Å². The summed E-state index contributed by atoms with van der Waals surface area (Å²) < 4.78 is 5.96. The number of carboxylic acid groups (broad SMARTS) is 1. The van der Waals surface area contributed by atoms with Crippen LogP contribution in [0.3, 0.4) is 0 Å². The molecule has 0 aliphatic carbocycles. The third-order valence-corrected chi connectivity index (χ3v) is 3.80. The van der Waals surface area contributed by atoms with Gasteiger partial charge in [-0.25, -0.2) is 4.79 Å². The van der Waals surface area contributed by atoms with Crippen molar-refractivity contribution >= 4 is 23.0 Å². The van der Waals surface area contributed by atoms with Crippen LogP contribution < -0.4 is 9.64 Å². The van der Waals surface area contributed by atoms with Crippen LogP contribution in [-0.4, -0.2) is 11.1 Å². The first-order valence-corrected chi connectivity index (χ1v) is 7.23. The normalized spacial score (nSPS) is 12.1. The Kier molecular flexibility index (Phi) is 3.01. The second kappa shape index (κ2) is 5.18. The van der Waals surface area contributed by atoms with Crippen molar-refractivity contribution < 1.29 is 14.6 Å². The molecule has 0 saturated heterocycles. The van der Waals surface area contributed by atoms with Crippen molar-refractivity contribution in [3.05, 3.63) is 78.4 Å². The van der Waals surface area contributed by atoms with Gasteiger partial charge in [-0.2, -0.15) is 0 Å². The summed E-state index contributed by atoms with van der Waals surface area (Å²) in [6, 6.07) is 22.4. The average molecular weight is 303 g/mol. The summed E-state index contributed by atoms with van der Waals surface area (Å²) in [5.41, 5.74) is 3.00. The summed E-state index contributed by atoms with van der Waals surface area (Å²) in [5.74, 6) is 0.612. The van der Waals surface area contributed by atoms with Gasteiger partial charge in [0.05, 0.1) is 16.9 Å². The van der Waals surface area contributed by atoms with Gasteiger partial charge in [0.1, 0.15) is 0 Å². The number of aromatic carboxylic acids is 1. The van der Waals surface area contributed by atoms with E-state index in [2.05, 4.69) is 4.90 Å². The fourth-order valence-electron chi connectivity index (χ4n) is 2.74. The average Bonchev–Trinajstić information content (AvgIpc) is 2.59. The van der Waals surface area contributed by atoms with Gasteiger partial charge in [0, 0.05) is 5.69 Å². The molecule has 0 spiro atoms. The van der Waals surface area contributed by atoms with Crippen LogP contribution in [0.15, 0.2) is 72.8 Å². The lowest BCUT2D eigenvalue weighted by Gasteiger charge is -2.32. The minimum atomic E-state index is -0.931. The van der Waals surface area contributed by atoms with Crippen LogP contribution >= 0.6 is 0 Å². The van der Waals surface area contributed by atoms with Crippen molar-refractivity contribution in [2.75, 3.05) is 4.90 Å². The first-order valence-electron chi connectivity index (χ1n) is 7.23. The van der Waals surface area contributed by atoms with Gasteiger partial charge < -0.3 is 14.7 Å². The minimum absolute atomic E-state index is 0.267. The van der Waals surface area contributed by atoms with Crippen LogP contribution in [-0.2, 0) is 0 Å². The molecule has 0 atom stereocenters. The van der Waals surface area contributed by atoms with Crippen LogP contribution in [0.2, 0.25) is 0 Å². The van der Waals surface area contributed by atoms with Gasteiger partial charge in [0.2, 0.25) is 0 Å². The largest absolute Gasteiger partial charge is 0.478 e. The summed E-state index contributed by atoms with van der Waals surface area (Å²) in [7, 11) is 0. The highest BCUT2D eigenvalue weighted by atomic mass is 16.5. The Morgan fingerprint density at radius 2 is 1.30 bits per heavy atom. The Morgan fingerprint density at radius 3 is 1.83 bits per heavy atom. The number of nitrogens with zero attached hydrogens (tertiary/aromatic N) is 1. The number of anilines is 3. The Hall–Kier alpha value is -3.27. The Morgan fingerprint density at radius 1 is 0.783 bits per heavy atom. The van der Waals surface area contributed by atoms with Gasteiger partial charge in [-0.05, 0) is 48.5 Å². The fourth-order valence-corrected chi connectivity index (χ4v) is 2.74. The van der Waals surface area contributed by atoms with Crippen LogP contribution in [0.1, 0.15) is 10.4 Å². The van der Waals surface area contributed by atoms with Crippen LogP contribution in [0.5, 0.6) is 11.5 Å². The monoisotopic (exact) mass is 303 g/mol. The molecule has 1 aliphatic rings. The molecule has 112 valence electrons. The lowest BCUT2D eigenvalue weighted by atomic mass is 10.1. The van der Waals surface area contributed by atoms with Crippen molar-refractivity contribution in [1.82, 2.24) is 0 Å². The molecule has 0 aromatic heterocycles. The van der Waals surface area contributed by atoms with Crippen LogP contribution in [0.4, 0.5) is 17.1 Å². The van der Waals surface area contributed by atoms with Gasteiger partial charge >= 0.3 is 5.97 Å². The number of hydrogen-bond acceptors (Lipinski definition) is 3. The van der Waals surface area contributed by atoms with Crippen molar-refractivity contribution in [2.45, 2.75) is 0 Å². The second-order valence-corrected chi connectivity index (χ2v) is 5.22. The maximum absolute atomic E-state index is 11.1. The molecule has 1 aliphatic heterocycles. The summed E-state index contributed by atoms with van der Waals surface area (Å²) in [4.78, 5) is 13.1. The smallest absolute Gasteiger partial charge is 0.335 e. The molecule has 3 aromatic carbocycles. The van der Waals surface area contributed by atoms with Crippen molar-refractivity contribution in [1.29, 1.82) is 0 Å². The molecule has 0 radical (unpaired) electrons. The Bertz CT molecular complexity index is 842. The molecule has 23 heavy (non-hydrogen) atoms. The third-order valence-electron chi connectivity index (χ3n) is 3.80. The lowest BCUT2D eigenvalue weighted by molar-refractivity contribution is 0.0697. The number of rotatable bonds is 2. The van der Waals surface area contributed by atoms with Crippen LogP contribution in [0, 0.1) is 0 Å². The predicted octanol–water partition coefficient (Wildman–Crippen LogP) is 4.96. The lowest BCUT2D eigenvalue weighted by Crippen LogP contribution is -2.15. The van der Waals surface area contributed by atoms with E-state index in [-0.39, 0.29) is 5.56 Å². The number of fused-ring (bicyclic) bond motifs is 2. The molecule has 0 amide bonds. The zero-order valence-corrected chi connectivity index (χ0v) is 12.1. The highest BCUT2D eigenvalue weighted by Crippen LogP contribution is 2.49. The number of hydrogen-bond donors (Lipinski definition) is 1. The minimum Gasteiger partial charge on any atom is -0.478 e. The van der Waals surface area contributed by atoms with Gasteiger partial charge in [-0.3, -0.25) is 0 Å². The Balaban J connectivity index is 1.89. The fraction of sp³-hybridized carbons (Fsp3) is 0. The van der Waals surface area contributed by atoms with Gasteiger partial charge in [-0.1, -0.05) is 24.3 Å². The maximum atomic E-state index is 11.1. The first-order chi connectivity index (χ1) is 11.2. The molecule has 4 nitrogen and oxygen atoms in total. The molecular formula is C19H13NO3. The van der Waals surface area contributed by atoms with Crippen molar-refractivity contribution in [3.8, 4) is 11.5 Å². The van der Waals surface area contributed by atoms with E-state index in [0.29, 0.717) is 0 Å². The molecule has 0 saturated carbocycles. The maximum Gasteiger partial charge on any atom is 0.335 e. The van der Waals surface area contributed by atoms with Gasteiger partial charge in [-0.15, -0.1) is 0 Å². The summed E-state index contributed by atoms with van der Waals surface area (Å²) >= 11 is 0. The SMILES string of the molecule is O=C(O)c1ccc(N2c3ccccc3Oc3ccccc32)cc1. The molecular weight excluding hydrogens is 290 g/mol. The van der Waals surface area contributed by atoms with Crippen LogP contribution in [0.25, 0.3) is 0 Å². The number of carbonyl (C=O) groups is 1. The zero-order valence-electron chi connectivity index (χ0n) is 12.1.